The molecule has 0 unspecified atom stereocenters. The van der Waals surface area contributed by atoms with Gasteiger partial charge in [0.25, 0.3) is 5.91 Å². The van der Waals surface area contributed by atoms with Crippen molar-refractivity contribution < 1.29 is 22.7 Å². The van der Waals surface area contributed by atoms with Crippen LogP contribution in [0.1, 0.15) is 12.8 Å². The minimum Gasteiger partial charge on any atom is -0.484 e. The number of nitrogens with zero attached hydrogens (tertiary/aromatic N) is 4. The van der Waals surface area contributed by atoms with Gasteiger partial charge >= 0.3 is 0 Å². The van der Waals surface area contributed by atoms with Crippen molar-refractivity contribution in [2.24, 2.45) is 0 Å². The van der Waals surface area contributed by atoms with Crippen molar-refractivity contribution in [3.05, 3.63) is 48.8 Å². The molecule has 1 N–H and O–H groups in total. The van der Waals surface area contributed by atoms with Crippen molar-refractivity contribution in [1.82, 2.24) is 19.2 Å². The van der Waals surface area contributed by atoms with Gasteiger partial charge in [-0.25, -0.2) is 13.4 Å². The zero-order chi connectivity index (χ0) is 23.7. The van der Waals surface area contributed by atoms with Crippen LogP contribution in [0.15, 0.2) is 53.7 Å². The van der Waals surface area contributed by atoms with E-state index in [0.29, 0.717) is 23.2 Å². The molecular formula is C23H25N5O5S. The van der Waals surface area contributed by atoms with Crippen LogP contribution in [0.5, 0.6) is 5.75 Å². The van der Waals surface area contributed by atoms with Crippen LogP contribution >= 0.6 is 0 Å². The van der Waals surface area contributed by atoms with Crippen molar-refractivity contribution in [2.75, 3.05) is 44.2 Å². The number of aromatic nitrogens is 2. The number of pyridine rings is 1. The van der Waals surface area contributed by atoms with Gasteiger partial charge in [0.05, 0.1) is 0 Å². The first kappa shape index (κ1) is 22.4. The third-order valence-electron chi connectivity index (χ3n) is 6.21. The standard InChI is InChI=1S/C23H25N5O5S/c29-21-4-2-10-28(21)17-5-7-18(8-6-17)33-16-22(30)26-11-13-27(14-12-26)34(31,32)20-15-25-23-19(20)3-1-9-24-23/h1,3,5-9,15H,2,4,10-14,16H2,(H,24,25). The number of aromatic amines is 1. The molecule has 2 saturated heterocycles. The molecule has 34 heavy (non-hydrogen) atoms. The molecule has 0 aliphatic carbocycles. The predicted molar refractivity (Wildman–Crippen MR) is 125 cm³/mol. The van der Waals surface area contributed by atoms with Crippen LogP contribution in [0.25, 0.3) is 11.0 Å². The first-order valence-electron chi connectivity index (χ1n) is 11.2. The van der Waals surface area contributed by atoms with Gasteiger partial charge in [-0.15, -0.1) is 0 Å². The van der Waals surface area contributed by atoms with Gasteiger partial charge in [-0.2, -0.15) is 4.31 Å². The molecule has 2 aliphatic rings. The average Bonchev–Trinajstić information content (AvgIpc) is 3.49. The number of rotatable bonds is 6. The highest BCUT2D eigenvalue weighted by atomic mass is 32.2. The Balaban J connectivity index is 1.15. The molecule has 10 nitrogen and oxygen atoms in total. The summed E-state index contributed by atoms with van der Waals surface area (Å²) in [5.41, 5.74) is 1.34. The van der Waals surface area contributed by atoms with Crippen molar-refractivity contribution in [1.29, 1.82) is 0 Å². The van der Waals surface area contributed by atoms with E-state index >= 15 is 0 Å². The molecule has 11 heteroatoms. The molecule has 2 amide bonds. The lowest BCUT2D eigenvalue weighted by atomic mass is 10.3. The fourth-order valence-corrected chi connectivity index (χ4v) is 5.91. The van der Waals surface area contributed by atoms with E-state index in [1.807, 2.05) is 12.1 Å². The fraction of sp³-hybridized carbons (Fsp3) is 0.348. The van der Waals surface area contributed by atoms with E-state index < -0.39 is 10.0 Å². The summed E-state index contributed by atoms with van der Waals surface area (Å²) < 4.78 is 33.3. The molecule has 2 aromatic heterocycles. The number of hydrogen-bond donors (Lipinski definition) is 1. The van der Waals surface area contributed by atoms with Gasteiger partial charge in [0.1, 0.15) is 16.3 Å². The molecule has 0 saturated carbocycles. The van der Waals surface area contributed by atoms with Crippen LogP contribution in [0.3, 0.4) is 0 Å². The zero-order valence-corrected chi connectivity index (χ0v) is 19.3. The van der Waals surface area contributed by atoms with E-state index in [0.717, 1.165) is 18.7 Å². The summed E-state index contributed by atoms with van der Waals surface area (Å²) >= 11 is 0. The second-order valence-electron chi connectivity index (χ2n) is 8.27. The van der Waals surface area contributed by atoms with E-state index in [2.05, 4.69) is 9.97 Å². The van der Waals surface area contributed by atoms with Gasteiger partial charge < -0.3 is 19.5 Å². The van der Waals surface area contributed by atoms with E-state index in [1.165, 1.54) is 10.5 Å². The molecule has 2 aliphatic heterocycles. The molecule has 4 heterocycles. The zero-order valence-electron chi connectivity index (χ0n) is 18.5. The van der Waals surface area contributed by atoms with Crippen molar-refractivity contribution in [2.45, 2.75) is 17.7 Å². The highest BCUT2D eigenvalue weighted by Crippen LogP contribution is 2.26. The number of benzene rings is 1. The summed E-state index contributed by atoms with van der Waals surface area (Å²) in [7, 11) is -3.70. The highest BCUT2D eigenvalue weighted by Gasteiger charge is 2.32. The second kappa shape index (κ2) is 9.07. The third-order valence-corrected chi connectivity index (χ3v) is 8.15. The Morgan fingerprint density at radius 3 is 2.53 bits per heavy atom. The third kappa shape index (κ3) is 4.24. The average molecular weight is 484 g/mol. The summed E-state index contributed by atoms with van der Waals surface area (Å²) in [6.07, 6.45) is 4.49. The van der Waals surface area contributed by atoms with E-state index in [-0.39, 0.29) is 49.5 Å². The lowest BCUT2D eigenvalue weighted by Crippen LogP contribution is -2.51. The summed E-state index contributed by atoms with van der Waals surface area (Å²) in [4.78, 5) is 35.1. The van der Waals surface area contributed by atoms with Gasteiger partial charge in [0.2, 0.25) is 15.9 Å². The minimum atomic E-state index is -3.70. The summed E-state index contributed by atoms with van der Waals surface area (Å²) in [5, 5.41) is 0.550. The van der Waals surface area contributed by atoms with Crippen LogP contribution in [0, 0.1) is 0 Å². The number of ether oxygens (including phenoxy) is 1. The lowest BCUT2D eigenvalue weighted by molar-refractivity contribution is -0.134. The van der Waals surface area contributed by atoms with Gasteiger partial charge in [0.15, 0.2) is 6.61 Å². The molecule has 0 radical (unpaired) electrons. The Morgan fingerprint density at radius 2 is 1.82 bits per heavy atom. The largest absolute Gasteiger partial charge is 0.484 e. The smallest absolute Gasteiger partial charge is 0.260 e. The molecule has 3 aromatic rings. The molecule has 0 atom stereocenters. The van der Waals surface area contributed by atoms with Crippen molar-refractivity contribution >= 4 is 38.6 Å². The van der Waals surface area contributed by atoms with Gasteiger partial charge in [-0.1, -0.05) is 0 Å². The topological polar surface area (TPSA) is 116 Å². The Hall–Kier alpha value is -3.44. The van der Waals surface area contributed by atoms with Gasteiger partial charge in [-0.05, 0) is 42.8 Å². The molecule has 1 aromatic carbocycles. The molecule has 2 fully saturated rings. The molecule has 0 bridgehead atoms. The highest BCUT2D eigenvalue weighted by molar-refractivity contribution is 7.89. The van der Waals surface area contributed by atoms with Gasteiger partial charge in [0, 0.05) is 62.6 Å². The predicted octanol–water partition coefficient (Wildman–Crippen LogP) is 1.60. The molecule has 0 spiro atoms. The number of anilines is 1. The first-order chi connectivity index (χ1) is 16.4. The number of fused-ring (bicyclic) bond motifs is 1. The van der Waals surface area contributed by atoms with Crippen LogP contribution in [-0.2, 0) is 19.6 Å². The quantitative estimate of drug-likeness (QED) is 0.569. The lowest BCUT2D eigenvalue weighted by Gasteiger charge is -2.33. The maximum atomic E-state index is 13.1. The Morgan fingerprint density at radius 1 is 1.06 bits per heavy atom. The van der Waals surface area contributed by atoms with E-state index in [9.17, 15) is 18.0 Å². The van der Waals surface area contributed by atoms with Crippen LogP contribution in [-0.4, -0.2) is 78.7 Å². The maximum absolute atomic E-state index is 13.1. The summed E-state index contributed by atoms with van der Waals surface area (Å²) in [6, 6.07) is 10.5. The fourth-order valence-electron chi connectivity index (χ4n) is 4.34. The first-order valence-corrected chi connectivity index (χ1v) is 12.6. The number of piperazine rings is 1. The maximum Gasteiger partial charge on any atom is 0.260 e. The number of carbonyl (C=O) groups is 2. The van der Waals surface area contributed by atoms with Crippen LogP contribution in [0.4, 0.5) is 5.69 Å². The number of amides is 2. The molecule has 178 valence electrons. The summed E-state index contributed by atoms with van der Waals surface area (Å²) in [5.74, 6) is 0.455. The normalized spacial score (nSPS) is 17.5. The van der Waals surface area contributed by atoms with Crippen molar-refractivity contribution in [3.63, 3.8) is 0 Å². The van der Waals surface area contributed by atoms with Gasteiger partial charge in [-0.3, -0.25) is 9.59 Å². The Labute approximate surface area is 197 Å². The Bertz CT molecular complexity index is 1310. The Kier molecular flexibility index (Phi) is 5.96. The number of hydrogen-bond acceptors (Lipinski definition) is 6. The van der Waals surface area contributed by atoms with Crippen molar-refractivity contribution in [3.8, 4) is 5.75 Å². The monoisotopic (exact) mass is 483 g/mol. The number of sulfonamides is 1. The number of nitrogens with one attached hydrogen (secondary N) is 1. The molecule has 5 rings (SSSR count). The van der Waals surface area contributed by atoms with E-state index in [1.54, 1.807) is 40.3 Å². The van der Waals surface area contributed by atoms with Crippen LogP contribution < -0.4 is 9.64 Å². The molecular weight excluding hydrogens is 458 g/mol. The SMILES string of the molecule is O=C(COc1ccc(N2CCCC2=O)cc1)N1CCN(S(=O)(=O)c2c[nH]c3ncccc23)CC1. The minimum absolute atomic E-state index is 0.117. The van der Waals surface area contributed by atoms with Crippen LogP contribution in [0.2, 0.25) is 0 Å². The van der Waals surface area contributed by atoms with E-state index in [4.69, 9.17) is 4.74 Å². The number of carbonyl (C=O) groups excluding carboxylic acids is 2. The number of H-pyrrole nitrogens is 1. The summed E-state index contributed by atoms with van der Waals surface area (Å²) in [6.45, 7) is 1.58. The second-order valence-corrected chi connectivity index (χ2v) is 10.2.